The number of hydrogen-bond donors (Lipinski definition) is 2. The van der Waals surface area contributed by atoms with Gasteiger partial charge in [-0.25, -0.2) is 0 Å². The Kier molecular flexibility index (Phi) is 3.70. The summed E-state index contributed by atoms with van der Waals surface area (Å²) in [6.45, 7) is 0.473. The Balaban J connectivity index is 2.10. The van der Waals surface area contributed by atoms with Crippen LogP contribution in [0.2, 0.25) is 0 Å². The van der Waals surface area contributed by atoms with Crippen molar-refractivity contribution in [3.63, 3.8) is 0 Å². The van der Waals surface area contributed by atoms with Crippen molar-refractivity contribution in [1.29, 1.82) is 0 Å². The first kappa shape index (κ1) is 12.9. The number of carbonyl (C=O) groups is 1. The number of nitrogens with one attached hydrogen (secondary N) is 1. The van der Waals surface area contributed by atoms with Gasteiger partial charge in [-0.3, -0.25) is 9.89 Å². The van der Waals surface area contributed by atoms with Crippen LogP contribution in [-0.2, 0) is 6.54 Å². The third-order valence-corrected chi connectivity index (χ3v) is 2.80. The van der Waals surface area contributed by atoms with E-state index in [2.05, 4.69) is 10.2 Å². The van der Waals surface area contributed by atoms with Crippen molar-refractivity contribution >= 4 is 11.7 Å². The van der Waals surface area contributed by atoms with Crippen molar-refractivity contribution < 1.29 is 9.53 Å². The average molecular weight is 260 g/mol. The number of nitrogens with zero attached hydrogens (tertiary/aromatic N) is 2. The fourth-order valence-corrected chi connectivity index (χ4v) is 1.79. The number of nitrogens with two attached hydrogens (primary N) is 1. The van der Waals surface area contributed by atoms with Crippen molar-refractivity contribution in [3.8, 4) is 5.75 Å². The van der Waals surface area contributed by atoms with Crippen LogP contribution in [0, 0.1) is 0 Å². The lowest BCUT2D eigenvalue weighted by atomic mass is 10.2. The minimum Gasteiger partial charge on any atom is -0.497 e. The zero-order valence-corrected chi connectivity index (χ0v) is 10.9. The van der Waals surface area contributed by atoms with Gasteiger partial charge in [-0.1, -0.05) is 12.1 Å². The van der Waals surface area contributed by atoms with Gasteiger partial charge in [-0.15, -0.1) is 0 Å². The molecule has 19 heavy (non-hydrogen) atoms. The van der Waals surface area contributed by atoms with Crippen LogP contribution in [0.1, 0.15) is 15.9 Å². The topological polar surface area (TPSA) is 84.2 Å². The van der Waals surface area contributed by atoms with Crippen molar-refractivity contribution in [2.45, 2.75) is 6.54 Å². The fraction of sp³-hybridized carbons (Fsp3) is 0.231. The summed E-state index contributed by atoms with van der Waals surface area (Å²) in [7, 11) is 3.33. The minimum atomic E-state index is -0.172. The average Bonchev–Trinajstić information content (AvgIpc) is 2.84. The third-order valence-electron chi connectivity index (χ3n) is 2.80. The third kappa shape index (κ3) is 2.85. The molecule has 0 radical (unpaired) electrons. The largest absolute Gasteiger partial charge is 0.497 e. The van der Waals surface area contributed by atoms with Gasteiger partial charge in [0, 0.05) is 13.6 Å². The zero-order valence-electron chi connectivity index (χ0n) is 10.9. The van der Waals surface area contributed by atoms with E-state index in [0.717, 1.165) is 11.3 Å². The first-order chi connectivity index (χ1) is 9.11. The Morgan fingerprint density at radius 1 is 1.53 bits per heavy atom. The van der Waals surface area contributed by atoms with Gasteiger partial charge in [0.05, 0.1) is 13.3 Å². The number of methoxy groups -OCH3 is 1. The summed E-state index contributed by atoms with van der Waals surface area (Å²) in [5, 5.41) is 6.29. The predicted molar refractivity (Wildman–Crippen MR) is 71.8 cm³/mol. The number of nitrogen functional groups attached to an aromatic ring is 1. The Labute approximate surface area is 111 Å². The molecule has 0 fully saturated rings. The van der Waals surface area contributed by atoms with E-state index < -0.39 is 0 Å². The number of aromatic nitrogens is 2. The molecule has 0 saturated heterocycles. The lowest BCUT2D eigenvalue weighted by molar-refractivity contribution is 0.0786. The number of hydrogen-bond acceptors (Lipinski definition) is 4. The number of rotatable bonds is 4. The Morgan fingerprint density at radius 2 is 2.32 bits per heavy atom. The Bertz CT molecular complexity index is 580. The number of carbonyl (C=O) groups excluding carboxylic acids is 1. The summed E-state index contributed by atoms with van der Waals surface area (Å²) in [5.74, 6) is 0.873. The summed E-state index contributed by atoms with van der Waals surface area (Å²) >= 11 is 0. The number of amides is 1. The molecule has 1 aromatic carbocycles. The maximum absolute atomic E-state index is 12.1. The van der Waals surface area contributed by atoms with Crippen LogP contribution in [0.25, 0.3) is 0 Å². The molecule has 0 aliphatic carbocycles. The van der Waals surface area contributed by atoms with Gasteiger partial charge in [0.25, 0.3) is 5.91 Å². The molecule has 0 saturated carbocycles. The number of H-pyrrole nitrogens is 1. The molecule has 6 heteroatoms. The first-order valence-corrected chi connectivity index (χ1v) is 5.79. The lowest BCUT2D eigenvalue weighted by Crippen LogP contribution is -2.26. The van der Waals surface area contributed by atoms with Gasteiger partial charge >= 0.3 is 0 Å². The van der Waals surface area contributed by atoms with Crippen molar-refractivity contribution in [3.05, 3.63) is 41.6 Å². The fourth-order valence-electron chi connectivity index (χ4n) is 1.79. The lowest BCUT2D eigenvalue weighted by Gasteiger charge is -2.17. The molecule has 2 aromatic rings. The SMILES string of the molecule is COc1cccc(CN(C)C(=O)c2cn[nH]c2N)c1. The second-order valence-corrected chi connectivity index (χ2v) is 4.21. The summed E-state index contributed by atoms with van der Waals surface area (Å²) < 4.78 is 5.15. The molecular weight excluding hydrogens is 244 g/mol. The van der Waals surface area contributed by atoms with E-state index in [1.54, 1.807) is 19.1 Å². The molecule has 100 valence electrons. The van der Waals surface area contributed by atoms with Gasteiger partial charge < -0.3 is 15.4 Å². The molecule has 0 aliphatic heterocycles. The van der Waals surface area contributed by atoms with Crippen molar-refractivity contribution in [2.75, 3.05) is 19.9 Å². The summed E-state index contributed by atoms with van der Waals surface area (Å²) in [4.78, 5) is 13.7. The van der Waals surface area contributed by atoms with Gasteiger partial charge in [0.15, 0.2) is 0 Å². The minimum absolute atomic E-state index is 0.172. The second-order valence-electron chi connectivity index (χ2n) is 4.21. The van der Waals surface area contributed by atoms with Gasteiger partial charge in [0.1, 0.15) is 17.1 Å². The highest BCUT2D eigenvalue weighted by Crippen LogP contribution is 2.16. The number of benzene rings is 1. The quantitative estimate of drug-likeness (QED) is 0.867. The van der Waals surface area contributed by atoms with E-state index >= 15 is 0 Å². The highest BCUT2D eigenvalue weighted by atomic mass is 16.5. The molecule has 1 aromatic heterocycles. The highest BCUT2D eigenvalue weighted by molar-refractivity contribution is 5.97. The smallest absolute Gasteiger partial charge is 0.259 e. The molecule has 6 nitrogen and oxygen atoms in total. The monoisotopic (exact) mass is 260 g/mol. The normalized spacial score (nSPS) is 10.2. The van der Waals surface area contributed by atoms with Crippen LogP contribution in [-0.4, -0.2) is 35.2 Å². The van der Waals surface area contributed by atoms with Gasteiger partial charge in [-0.2, -0.15) is 5.10 Å². The van der Waals surface area contributed by atoms with Crippen molar-refractivity contribution in [2.24, 2.45) is 0 Å². The van der Waals surface area contributed by atoms with E-state index in [0.29, 0.717) is 12.1 Å². The molecule has 3 N–H and O–H groups in total. The van der Waals surface area contributed by atoms with Crippen molar-refractivity contribution in [1.82, 2.24) is 15.1 Å². The predicted octanol–water partition coefficient (Wildman–Crippen LogP) is 1.27. The number of ether oxygens (including phenoxy) is 1. The molecule has 1 amide bonds. The maximum atomic E-state index is 12.1. The van der Waals surface area contributed by atoms with Crippen LogP contribution >= 0.6 is 0 Å². The van der Waals surface area contributed by atoms with Gasteiger partial charge in [0.2, 0.25) is 0 Å². The first-order valence-electron chi connectivity index (χ1n) is 5.79. The number of anilines is 1. The van der Waals surface area contributed by atoms with Crippen LogP contribution < -0.4 is 10.5 Å². The Morgan fingerprint density at radius 3 is 2.95 bits per heavy atom. The van der Waals surface area contributed by atoms with Crippen LogP contribution in [0.3, 0.4) is 0 Å². The van der Waals surface area contributed by atoms with Crippen LogP contribution in [0.4, 0.5) is 5.82 Å². The standard InChI is InChI=1S/C13H16N4O2/c1-17(13(18)11-7-15-16-12(11)14)8-9-4-3-5-10(6-9)19-2/h3-7H,8H2,1-2H3,(H3,14,15,16). The van der Waals surface area contributed by atoms with Crippen LogP contribution in [0.15, 0.2) is 30.5 Å². The zero-order chi connectivity index (χ0) is 13.8. The Hall–Kier alpha value is -2.50. The van der Waals surface area contributed by atoms with E-state index in [1.807, 2.05) is 24.3 Å². The highest BCUT2D eigenvalue weighted by Gasteiger charge is 2.16. The number of aromatic amines is 1. The van der Waals surface area contributed by atoms with E-state index in [-0.39, 0.29) is 11.7 Å². The summed E-state index contributed by atoms with van der Waals surface area (Å²) in [6, 6.07) is 7.58. The van der Waals surface area contributed by atoms with E-state index in [1.165, 1.54) is 6.20 Å². The second kappa shape index (κ2) is 5.43. The van der Waals surface area contributed by atoms with E-state index in [4.69, 9.17) is 10.5 Å². The molecular formula is C13H16N4O2. The van der Waals surface area contributed by atoms with Crippen LogP contribution in [0.5, 0.6) is 5.75 Å². The molecule has 1 heterocycles. The molecule has 0 spiro atoms. The van der Waals surface area contributed by atoms with Gasteiger partial charge in [-0.05, 0) is 17.7 Å². The molecule has 2 rings (SSSR count). The molecule has 0 atom stereocenters. The molecule has 0 aliphatic rings. The summed E-state index contributed by atoms with van der Waals surface area (Å²) in [6.07, 6.45) is 1.43. The van der Waals surface area contributed by atoms with E-state index in [9.17, 15) is 4.79 Å². The maximum Gasteiger partial charge on any atom is 0.259 e. The molecule has 0 unspecified atom stereocenters. The molecule has 0 bridgehead atoms. The summed E-state index contributed by atoms with van der Waals surface area (Å²) in [5.41, 5.74) is 7.00.